The smallest absolute Gasteiger partial charge is 0.404 e. The van der Waals surface area contributed by atoms with Crippen LogP contribution in [0.25, 0.3) is 0 Å². The molecule has 2 amide bonds. The molecule has 178 valence electrons. The van der Waals surface area contributed by atoms with E-state index in [0.717, 1.165) is 0 Å². The lowest BCUT2D eigenvalue weighted by atomic mass is 9.83. The van der Waals surface area contributed by atoms with E-state index in [2.05, 4.69) is 9.97 Å². The van der Waals surface area contributed by atoms with E-state index in [-0.39, 0.29) is 41.3 Å². The molecule has 1 aliphatic rings. The van der Waals surface area contributed by atoms with Crippen LogP contribution in [0.2, 0.25) is 0 Å². The van der Waals surface area contributed by atoms with Crippen LogP contribution < -0.4 is 15.4 Å². The molecule has 2 aromatic rings. The van der Waals surface area contributed by atoms with Crippen molar-refractivity contribution in [1.29, 1.82) is 0 Å². The summed E-state index contributed by atoms with van der Waals surface area (Å²) in [7, 11) is 0. The number of carbonyl (C=O) groups excluding carboxylic acids is 2. The molecule has 0 unspecified atom stereocenters. The summed E-state index contributed by atoms with van der Waals surface area (Å²) in [5.74, 6) is 0.207. The van der Waals surface area contributed by atoms with E-state index >= 15 is 0 Å². The maximum absolute atomic E-state index is 14.1. The molecule has 0 atom stereocenters. The van der Waals surface area contributed by atoms with E-state index in [0.29, 0.717) is 24.7 Å². The molecule has 1 fully saturated rings. The summed E-state index contributed by atoms with van der Waals surface area (Å²) in [6, 6.07) is 3.70. The third kappa shape index (κ3) is 5.50. The van der Waals surface area contributed by atoms with E-state index in [1.165, 1.54) is 30.7 Å². The zero-order valence-electron chi connectivity index (χ0n) is 19.5. The number of aromatic nitrogens is 2. The molecule has 0 spiro atoms. The minimum absolute atomic E-state index is 0.0781. The number of primary amides is 1. The summed E-state index contributed by atoms with van der Waals surface area (Å²) in [6.45, 7) is 10.9. The first-order valence-electron chi connectivity index (χ1n) is 10.8. The lowest BCUT2D eigenvalue weighted by Gasteiger charge is -2.48. The summed E-state index contributed by atoms with van der Waals surface area (Å²) < 4.78 is 25.1. The summed E-state index contributed by atoms with van der Waals surface area (Å²) in [4.78, 5) is 36.2. The number of carbonyl (C=O) groups is 2. The Hall–Kier alpha value is -3.43. The first-order chi connectivity index (χ1) is 15.5. The first-order valence-corrected chi connectivity index (χ1v) is 10.8. The lowest BCUT2D eigenvalue weighted by molar-refractivity contribution is 0.0640. The number of ether oxygens (including phenoxy) is 2. The molecular formula is C23H30FN5O4. The molecule has 0 aliphatic carbocycles. The second kappa shape index (κ2) is 9.60. The normalized spacial score (nSPS) is 14.7. The lowest BCUT2D eigenvalue weighted by Crippen LogP contribution is -2.57. The summed E-state index contributed by atoms with van der Waals surface area (Å²) in [5.41, 5.74) is 4.92. The van der Waals surface area contributed by atoms with Gasteiger partial charge >= 0.3 is 6.09 Å². The maximum Gasteiger partial charge on any atom is 0.404 e. The molecule has 33 heavy (non-hydrogen) atoms. The first kappa shape index (κ1) is 24.2. The van der Waals surface area contributed by atoms with Crippen molar-refractivity contribution in [3.8, 4) is 11.5 Å². The van der Waals surface area contributed by atoms with Crippen molar-refractivity contribution in [2.75, 3.05) is 24.6 Å². The van der Waals surface area contributed by atoms with Crippen LogP contribution in [0.15, 0.2) is 30.7 Å². The summed E-state index contributed by atoms with van der Waals surface area (Å²) in [6.07, 6.45) is 2.08. The molecule has 10 heteroatoms. The highest BCUT2D eigenvalue weighted by molar-refractivity contribution is 5.97. The van der Waals surface area contributed by atoms with Gasteiger partial charge in [-0.2, -0.15) is 0 Å². The second-order valence-electron chi connectivity index (χ2n) is 9.13. The van der Waals surface area contributed by atoms with Gasteiger partial charge in [0.25, 0.3) is 5.91 Å². The zero-order valence-corrected chi connectivity index (χ0v) is 19.5. The van der Waals surface area contributed by atoms with E-state index in [1.807, 2.05) is 39.5 Å². The minimum Gasteiger partial charge on any atom is -0.451 e. The number of nitrogens with zero attached hydrogens (tertiary/aromatic N) is 4. The van der Waals surface area contributed by atoms with Gasteiger partial charge in [-0.1, -0.05) is 6.92 Å². The standard InChI is InChI=1S/C23H30FN5O4/c1-14(2)29(15(3)4)21(30)17-8-16(24)6-7-18(17)33-19-9-26-13-27-20(19)28-10-23(5,11-28)12-32-22(25)31/h6-9,13-15H,10-12H2,1-5H3,(H2,25,31). The van der Waals surface area contributed by atoms with E-state index < -0.39 is 11.9 Å². The number of halogens is 1. The van der Waals surface area contributed by atoms with Crippen LogP contribution >= 0.6 is 0 Å². The Kier molecular flexibility index (Phi) is 7.04. The SMILES string of the molecule is CC(C)N(C(=O)c1cc(F)ccc1Oc1cncnc1N1CC(C)(COC(N)=O)C1)C(C)C. The third-order valence-corrected chi connectivity index (χ3v) is 5.41. The van der Waals surface area contributed by atoms with Crippen molar-refractivity contribution in [2.45, 2.75) is 46.7 Å². The molecule has 1 aromatic carbocycles. The molecule has 1 saturated heterocycles. The predicted octanol–water partition coefficient (Wildman–Crippen LogP) is 3.59. The molecule has 3 rings (SSSR count). The molecule has 2 N–H and O–H groups in total. The van der Waals surface area contributed by atoms with Gasteiger partial charge in [-0.05, 0) is 45.9 Å². The molecule has 2 heterocycles. The average molecular weight is 460 g/mol. The topological polar surface area (TPSA) is 111 Å². The Labute approximate surface area is 192 Å². The van der Waals surface area contributed by atoms with Gasteiger partial charge in [0.15, 0.2) is 11.6 Å². The molecule has 1 aliphatic heterocycles. The van der Waals surface area contributed by atoms with Gasteiger partial charge in [0.1, 0.15) is 24.5 Å². The van der Waals surface area contributed by atoms with Crippen LogP contribution in [0, 0.1) is 11.2 Å². The van der Waals surface area contributed by atoms with Crippen molar-refractivity contribution in [1.82, 2.24) is 14.9 Å². The molecule has 1 aromatic heterocycles. The van der Waals surface area contributed by atoms with Crippen LogP contribution in [0.3, 0.4) is 0 Å². The molecule has 0 bridgehead atoms. The van der Waals surface area contributed by atoms with Crippen molar-refractivity contribution < 1.29 is 23.5 Å². The van der Waals surface area contributed by atoms with Crippen molar-refractivity contribution in [3.63, 3.8) is 0 Å². The van der Waals surface area contributed by atoms with Crippen LogP contribution in [0.5, 0.6) is 11.5 Å². The number of amides is 2. The molecular weight excluding hydrogens is 429 g/mol. The fraction of sp³-hybridized carbons (Fsp3) is 0.478. The molecule has 0 saturated carbocycles. The Morgan fingerprint density at radius 1 is 1.21 bits per heavy atom. The number of anilines is 1. The Morgan fingerprint density at radius 3 is 2.48 bits per heavy atom. The summed E-state index contributed by atoms with van der Waals surface area (Å²) >= 11 is 0. The quantitative estimate of drug-likeness (QED) is 0.642. The highest BCUT2D eigenvalue weighted by atomic mass is 19.1. The largest absolute Gasteiger partial charge is 0.451 e. The minimum atomic E-state index is -0.814. The van der Waals surface area contributed by atoms with Gasteiger partial charge in [0.2, 0.25) is 0 Å². The van der Waals surface area contributed by atoms with Crippen molar-refractivity contribution >= 4 is 17.8 Å². The van der Waals surface area contributed by atoms with E-state index in [4.69, 9.17) is 15.2 Å². The van der Waals surface area contributed by atoms with Crippen molar-refractivity contribution in [3.05, 3.63) is 42.1 Å². The Morgan fingerprint density at radius 2 is 1.88 bits per heavy atom. The van der Waals surface area contributed by atoms with E-state index in [1.54, 1.807) is 4.90 Å². The summed E-state index contributed by atoms with van der Waals surface area (Å²) in [5, 5.41) is 0. The van der Waals surface area contributed by atoms with Crippen LogP contribution in [-0.2, 0) is 4.74 Å². The zero-order chi connectivity index (χ0) is 24.3. The fourth-order valence-electron chi connectivity index (χ4n) is 4.06. The van der Waals surface area contributed by atoms with Gasteiger partial charge in [-0.3, -0.25) is 4.79 Å². The second-order valence-corrected chi connectivity index (χ2v) is 9.13. The van der Waals surface area contributed by atoms with Gasteiger partial charge < -0.3 is 25.0 Å². The van der Waals surface area contributed by atoms with Gasteiger partial charge in [0.05, 0.1) is 11.8 Å². The average Bonchev–Trinajstić information content (AvgIpc) is 2.71. The Balaban J connectivity index is 1.86. The number of benzene rings is 1. The third-order valence-electron chi connectivity index (χ3n) is 5.41. The number of rotatable bonds is 8. The van der Waals surface area contributed by atoms with Gasteiger partial charge in [-0.15, -0.1) is 0 Å². The monoisotopic (exact) mass is 459 g/mol. The van der Waals surface area contributed by atoms with E-state index in [9.17, 15) is 14.0 Å². The predicted molar refractivity (Wildman–Crippen MR) is 121 cm³/mol. The van der Waals surface area contributed by atoms with Crippen LogP contribution in [0.1, 0.15) is 45.0 Å². The number of nitrogens with two attached hydrogens (primary N) is 1. The van der Waals surface area contributed by atoms with Crippen LogP contribution in [0.4, 0.5) is 15.0 Å². The maximum atomic E-state index is 14.1. The van der Waals surface area contributed by atoms with Crippen LogP contribution in [-0.4, -0.2) is 58.6 Å². The molecule has 0 radical (unpaired) electrons. The number of hydrogen-bond acceptors (Lipinski definition) is 7. The Bertz CT molecular complexity index is 1020. The van der Waals surface area contributed by atoms with Crippen molar-refractivity contribution in [2.24, 2.45) is 11.1 Å². The van der Waals surface area contributed by atoms with Gasteiger partial charge in [-0.25, -0.2) is 19.2 Å². The van der Waals surface area contributed by atoms with Gasteiger partial charge in [0, 0.05) is 30.6 Å². The highest BCUT2D eigenvalue weighted by Crippen LogP contribution is 2.39. The highest BCUT2D eigenvalue weighted by Gasteiger charge is 2.41. The molecule has 9 nitrogen and oxygen atoms in total. The fourth-order valence-corrected chi connectivity index (χ4v) is 4.06. The number of hydrogen-bond donors (Lipinski definition) is 1.